The van der Waals surface area contributed by atoms with Crippen molar-refractivity contribution < 1.29 is 4.39 Å². The summed E-state index contributed by atoms with van der Waals surface area (Å²) in [6, 6.07) is 9.71. The molecule has 21 heavy (non-hydrogen) atoms. The van der Waals surface area contributed by atoms with Gasteiger partial charge in [-0.05, 0) is 11.6 Å². The second kappa shape index (κ2) is 5.68. The standard InChI is InChI=1S/C14H13FN6/c15-11-8-19-14(21-16)20-13(11)18-7-10-4-1-3-9-5-2-6-17-12(9)10/h1-6,8H,7,16H2,(H2,18,19,20,21). The third-order valence-corrected chi connectivity index (χ3v) is 3.04. The quantitative estimate of drug-likeness (QED) is 0.502. The van der Waals surface area contributed by atoms with Gasteiger partial charge in [0, 0.05) is 18.1 Å². The van der Waals surface area contributed by atoms with Gasteiger partial charge in [-0.1, -0.05) is 24.3 Å². The number of anilines is 2. The Labute approximate surface area is 120 Å². The number of rotatable bonds is 4. The van der Waals surface area contributed by atoms with Gasteiger partial charge in [0.2, 0.25) is 5.95 Å². The Balaban J connectivity index is 1.87. The first-order valence-electron chi connectivity index (χ1n) is 6.33. The lowest BCUT2D eigenvalue weighted by atomic mass is 10.1. The number of hydrogen-bond acceptors (Lipinski definition) is 6. The van der Waals surface area contributed by atoms with Crippen LogP contribution in [0.5, 0.6) is 0 Å². The molecule has 0 aliphatic carbocycles. The minimum absolute atomic E-state index is 0.0888. The number of para-hydroxylation sites is 1. The molecule has 0 saturated carbocycles. The van der Waals surface area contributed by atoms with Gasteiger partial charge in [-0.25, -0.2) is 15.2 Å². The molecule has 3 aromatic rings. The van der Waals surface area contributed by atoms with E-state index in [1.165, 1.54) is 0 Å². The maximum atomic E-state index is 13.7. The van der Waals surface area contributed by atoms with E-state index in [1.54, 1.807) is 6.20 Å². The number of hydrazine groups is 1. The van der Waals surface area contributed by atoms with Crippen LogP contribution in [0.4, 0.5) is 16.2 Å². The van der Waals surface area contributed by atoms with E-state index < -0.39 is 5.82 Å². The maximum Gasteiger partial charge on any atom is 0.239 e. The predicted molar refractivity (Wildman–Crippen MR) is 78.9 cm³/mol. The van der Waals surface area contributed by atoms with Crippen LogP contribution in [0.1, 0.15) is 5.56 Å². The lowest BCUT2D eigenvalue weighted by Crippen LogP contribution is -2.13. The van der Waals surface area contributed by atoms with Crippen molar-refractivity contribution in [2.75, 3.05) is 10.7 Å². The van der Waals surface area contributed by atoms with Crippen molar-refractivity contribution in [3.05, 3.63) is 54.1 Å². The van der Waals surface area contributed by atoms with Crippen molar-refractivity contribution in [3.8, 4) is 0 Å². The van der Waals surface area contributed by atoms with Gasteiger partial charge < -0.3 is 5.32 Å². The Kier molecular flexibility index (Phi) is 3.57. The first kappa shape index (κ1) is 13.2. The molecule has 0 unspecified atom stereocenters. The molecule has 0 bridgehead atoms. The molecule has 2 aromatic heterocycles. The van der Waals surface area contributed by atoms with Gasteiger partial charge in [0.05, 0.1) is 11.7 Å². The largest absolute Gasteiger partial charge is 0.363 e. The molecule has 0 amide bonds. The summed E-state index contributed by atoms with van der Waals surface area (Å²) in [5.41, 5.74) is 4.11. The molecule has 0 saturated heterocycles. The third kappa shape index (κ3) is 2.72. The molecule has 106 valence electrons. The van der Waals surface area contributed by atoms with Gasteiger partial charge in [0.25, 0.3) is 0 Å². The van der Waals surface area contributed by atoms with Crippen molar-refractivity contribution in [3.63, 3.8) is 0 Å². The first-order valence-corrected chi connectivity index (χ1v) is 6.33. The van der Waals surface area contributed by atoms with Crippen LogP contribution < -0.4 is 16.6 Å². The van der Waals surface area contributed by atoms with E-state index in [2.05, 4.69) is 25.7 Å². The summed E-state index contributed by atoms with van der Waals surface area (Å²) in [7, 11) is 0. The topological polar surface area (TPSA) is 88.8 Å². The number of nitrogens with zero attached hydrogens (tertiary/aromatic N) is 3. The van der Waals surface area contributed by atoms with Gasteiger partial charge in [-0.2, -0.15) is 4.98 Å². The summed E-state index contributed by atoms with van der Waals surface area (Å²) >= 11 is 0. The van der Waals surface area contributed by atoms with Crippen LogP contribution in [0.2, 0.25) is 0 Å². The molecule has 0 aliphatic heterocycles. The Morgan fingerprint density at radius 1 is 1.14 bits per heavy atom. The average Bonchev–Trinajstić information content (AvgIpc) is 2.54. The number of benzene rings is 1. The second-order valence-corrected chi connectivity index (χ2v) is 4.38. The fourth-order valence-electron chi connectivity index (χ4n) is 2.05. The second-order valence-electron chi connectivity index (χ2n) is 4.38. The molecule has 3 rings (SSSR count). The summed E-state index contributed by atoms with van der Waals surface area (Å²) < 4.78 is 13.7. The lowest BCUT2D eigenvalue weighted by Gasteiger charge is -2.09. The van der Waals surface area contributed by atoms with E-state index in [0.29, 0.717) is 6.54 Å². The molecule has 2 heterocycles. The molecule has 7 heteroatoms. The highest BCUT2D eigenvalue weighted by molar-refractivity contribution is 5.81. The lowest BCUT2D eigenvalue weighted by molar-refractivity contribution is 0.617. The molecule has 0 spiro atoms. The van der Waals surface area contributed by atoms with Gasteiger partial charge in [-0.3, -0.25) is 10.4 Å². The molecule has 4 N–H and O–H groups in total. The minimum Gasteiger partial charge on any atom is -0.363 e. The fourth-order valence-corrected chi connectivity index (χ4v) is 2.05. The van der Waals surface area contributed by atoms with E-state index in [9.17, 15) is 4.39 Å². The molecular weight excluding hydrogens is 271 g/mol. The molecule has 6 nitrogen and oxygen atoms in total. The predicted octanol–water partition coefficient (Wildman–Crippen LogP) is 2.06. The van der Waals surface area contributed by atoms with Gasteiger partial charge in [0.1, 0.15) is 0 Å². The Hall–Kier alpha value is -2.80. The van der Waals surface area contributed by atoms with Crippen molar-refractivity contribution in [2.45, 2.75) is 6.54 Å². The highest BCUT2D eigenvalue weighted by Gasteiger charge is 2.07. The fraction of sp³-hybridized carbons (Fsp3) is 0.0714. The number of nitrogen functional groups attached to an aromatic ring is 1. The highest BCUT2D eigenvalue weighted by Crippen LogP contribution is 2.18. The smallest absolute Gasteiger partial charge is 0.239 e. The third-order valence-electron chi connectivity index (χ3n) is 3.04. The Morgan fingerprint density at radius 3 is 2.86 bits per heavy atom. The molecule has 0 atom stereocenters. The van der Waals surface area contributed by atoms with Gasteiger partial charge in [-0.15, -0.1) is 0 Å². The van der Waals surface area contributed by atoms with E-state index in [-0.39, 0.29) is 11.8 Å². The van der Waals surface area contributed by atoms with Crippen LogP contribution in [0.3, 0.4) is 0 Å². The van der Waals surface area contributed by atoms with Crippen molar-refractivity contribution in [2.24, 2.45) is 5.84 Å². The molecule has 1 aromatic carbocycles. The van der Waals surface area contributed by atoms with Crippen LogP contribution in [0.25, 0.3) is 10.9 Å². The first-order chi connectivity index (χ1) is 10.3. The van der Waals surface area contributed by atoms with E-state index >= 15 is 0 Å². The van der Waals surface area contributed by atoms with Crippen LogP contribution in [-0.4, -0.2) is 15.0 Å². The van der Waals surface area contributed by atoms with Crippen molar-refractivity contribution in [1.29, 1.82) is 0 Å². The number of aromatic nitrogens is 3. The SMILES string of the molecule is NNc1ncc(F)c(NCc2cccc3cccnc23)n1. The number of fused-ring (bicyclic) bond motifs is 1. The maximum absolute atomic E-state index is 13.7. The van der Waals surface area contributed by atoms with Crippen molar-refractivity contribution in [1.82, 2.24) is 15.0 Å². The summed E-state index contributed by atoms with van der Waals surface area (Å²) in [4.78, 5) is 12.0. The number of hydrogen-bond donors (Lipinski definition) is 3. The highest BCUT2D eigenvalue weighted by atomic mass is 19.1. The summed E-state index contributed by atoms with van der Waals surface area (Å²) in [5, 5.41) is 3.97. The number of halogens is 1. The Bertz CT molecular complexity index is 771. The molecular formula is C14H13FN6. The van der Waals surface area contributed by atoms with Crippen LogP contribution in [0, 0.1) is 5.82 Å². The van der Waals surface area contributed by atoms with E-state index in [0.717, 1.165) is 22.7 Å². The average molecular weight is 284 g/mol. The van der Waals surface area contributed by atoms with Gasteiger partial charge in [0.15, 0.2) is 11.6 Å². The molecule has 0 radical (unpaired) electrons. The zero-order chi connectivity index (χ0) is 14.7. The number of nitrogens with one attached hydrogen (secondary N) is 2. The van der Waals surface area contributed by atoms with Crippen LogP contribution in [0.15, 0.2) is 42.7 Å². The summed E-state index contributed by atoms with van der Waals surface area (Å²) in [6.45, 7) is 0.395. The normalized spacial score (nSPS) is 10.6. The summed E-state index contributed by atoms with van der Waals surface area (Å²) in [5.74, 6) is 4.91. The zero-order valence-electron chi connectivity index (χ0n) is 11.0. The monoisotopic (exact) mass is 284 g/mol. The number of pyridine rings is 1. The number of nitrogens with two attached hydrogens (primary N) is 1. The van der Waals surface area contributed by atoms with Gasteiger partial charge >= 0.3 is 0 Å². The van der Waals surface area contributed by atoms with Crippen molar-refractivity contribution >= 4 is 22.7 Å². The minimum atomic E-state index is -0.540. The molecule has 0 fully saturated rings. The van der Waals surface area contributed by atoms with E-state index in [4.69, 9.17) is 5.84 Å². The molecule has 0 aliphatic rings. The Morgan fingerprint density at radius 2 is 2.00 bits per heavy atom. The zero-order valence-corrected chi connectivity index (χ0v) is 11.0. The van der Waals surface area contributed by atoms with Crippen LogP contribution in [-0.2, 0) is 6.54 Å². The van der Waals surface area contributed by atoms with E-state index in [1.807, 2.05) is 30.3 Å². The summed E-state index contributed by atoms with van der Waals surface area (Å²) in [6.07, 6.45) is 2.79. The van der Waals surface area contributed by atoms with Crippen LogP contribution >= 0.6 is 0 Å².